The number of nitrogen functional groups attached to an aromatic ring is 1. The minimum Gasteiger partial charge on any atom is -0.437 e. The molecule has 2 N–H and O–H groups in total. The molecular formula is C12H11BrN4O3. The molecule has 2 rings (SSSR count). The first-order chi connectivity index (χ1) is 9.38. The van der Waals surface area contributed by atoms with Crippen LogP contribution in [0.5, 0.6) is 11.6 Å². The zero-order valence-electron chi connectivity index (χ0n) is 10.8. The Bertz CT molecular complexity index is 691. The molecule has 2 aromatic rings. The largest absolute Gasteiger partial charge is 0.437 e. The van der Waals surface area contributed by atoms with Crippen molar-refractivity contribution in [3.05, 3.63) is 44.2 Å². The van der Waals surface area contributed by atoms with Crippen LogP contribution in [0.3, 0.4) is 0 Å². The number of nitro benzene ring substituents is 1. The SMILES string of the molecule is Cc1nc(N)c(C)c(Oc2cc([N+](=O)[O-])ccc2Br)n1. The van der Waals surface area contributed by atoms with E-state index >= 15 is 0 Å². The molecule has 0 fully saturated rings. The van der Waals surface area contributed by atoms with E-state index in [-0.39, 0.29) is 11.6 Å². The van der Waals surface area contributed by atoms with Gasteiger partial charge in [0.25, 0.3) is 5.69 Å². The first-order valence-corrected chi connectivity index (χ1v) is 6.40. The van der Waals surface area contributed by atoms with Crippen molar-refractivity contribution in [1.82, 2.24) is 9.97 Å². The average molecular weight is 339 g/mol. The lowest BCUT2D eigenvalue weighted by atomic mass is 10.3. The Morgan fingerprint density at radius 1 is 1.35 bits per heavy atom. The fraction of sp³-hybridized carbons (Fsp3) is 0.167. The average Bonchev–Trinajstić information content (AvgIpc) is 2.37. The number of halogens is 1. The zero-order chi connectivity index (χ0) is 14.9. The number of hydrogen-bond donors (Lipinski definition) is 1. The second-order valence-corrected chi connectivity index (χ2v) is 4.91. The molecule has 1 heterocycles. The monoisotopic (exact) mass is 338 g/mol. The van der Waals surface area contributed by atoms with Crippen LogP contribution >= 0.6 is 15.9 Å². The number of nitro groups is 1. The molecule has 0 spiro atoms. The number of non-ortho nitro benzene ring substituents is 1. The molecule has 0 saturated heterocycles. The van der Waals surface area contributed by atoms with Crippen LogP contribution in [0.4, 0.5) is 11.5 Å². The smallest absolute Gasteiger partial charge is 0.273 e. The summed E-state index contributed by atoms with van der Waals surface area (Å²) in [4.78, 5) is 18.4. The molecule has 0 radical (unpaired) electrons. The van der Waals surface area contributed by atoms with Crippen molar-refractivity contribution in [3.63, 3.8) is 0 Å². The Kier molecular flexibility index (Phi) is 3.84. The van der Waals surface area contributed by atoms with E-state index in [0.29, 0.717) is 27.4 Å². The topological polar surface area (TPSA) is 104 Å². The fourth-order valence-electron chi connectivity index (χ4n) is 1.51. The number of hydrogen-bond acceptors (Lipinski definition) is 6. The van der Waals surface area contributed by atoms with Gasteiger partial charge in [-0.3, -0.25) is 10.1 Å². The summed E-state index contributed by atoms with van der Waals surface area (Å²) >= 11 is 3.28. The van der Waals surface area contributed by atoms with Gasteiger partial charge in [0.1, 0.15) is 11.6 Å². The maximum absolute atomic E-state index is 10.8. The number of ether oxygens (including phenoxy) is 1. The predicted octanol–water partition coefficient (Wildman–Crippen LogP) is 3.14. The van der Waals surface area contributed by atoms with Crippen LogP contribution in [0.1, 0.15) is 11.4 Å². The summed E-state index contributed by atoms with van der Waals surface area (Å²) in [5.41, 5.74) is 6.25. The van der Waals surface area contributed by atoms with Gasteiger partial charge in [-0.15, -0.1) is 0 Å². The van der Waals surface area contributed by atoms with Crippen LogP contribution in [0, 0.1) is 24.0 Å². The van der Waals surface area contributed by atoms with E-state index in [0.717, 1.165) is 0 Å². The van der Waals surface area contributed by atoms with Gasteiger partial charge in [-0.2, -0.15) is 4.98 Å². The van der Waals surface area contributed by atoms with Crippen LogP contribution in [0.2, 0.25) is 0 Å². The molecule has 1 aromatic carbocycles. The van der Waals surface area contributed by atoms with Gasteiger partial charge in [-0.05, 0) is 35.8 Å². The maximum atomic E-state index is 10.8. The van der Waals surface area contributed by atoms with Crippen molar-refractivity contribution in [2.24, 2.45) is 0 Å². The summed E-state index contributed by atoms with van der Waals surface area (Å²) in [6.07, 6.45) is 0. The Balaban J connectivity index is 2.44. The third-order valence-electron chi connectivity index (χ3n) is 2.58. The van der Waals surface area contributed by atoms with Gasteiger partial charge in [0.15, 0.2) is 5.75 Å². The number of nitrogens with zero attached hydrogens (tertiary/aromatic N) is 3. The normalized spacial score (nSPS) is 10.3. The summed E-state index contributed by atoms with van der Waals surface area (Å²) < 4.78 is 6.19. The van der Waals surface area contributed by atoms with Crippen LogP contribution in [0.25, 0.3) is 0 Å². The molecule has 0 unspecified atom stereocenters. The number of benzene rings is 1. The molecule has 1 aromatic heterocycles. The third-order valence-corrected chi connectivity index (χ3v) is 3.24. The van der Waals surface area contributed by atoms with Gasteiger partial charge in [0, 0.05) is 6.07 Å². The van der Waals surface area contributed by atoms with Crippen molar-refractivity contribution < 1.29 is 9.66 Å². The van der Waals surface area contributed by atoms with Crippen LogP contribution in [-0.2, 0) is 0 Å². The highest BCUT2D eigenvalue weighted by atomic mass is 79.9. The number of aryl methyl sites for hydroxylation is 1. The van der Waals surface area contributed by atoms with Crippen molar-refractivity contribution >= 4 is 27.4 Å². The molecule has 0 aliphatic carbocycles. The molecule has 8 heteroatoms. The van der Waals surface area contributed by atoms with Crippen LogP contribution in [0.15, 0.2) is 22.7 Å². The molecule has 0 aliphatic heterocycles. The molecule has 0 atom stereocenters. The predicted molar refractivity (Wildman–Crippen MR) is 76.8 cm³/mol. The van der Waals surface area contributed by atoms with E-state index < -0.39 is 4.92 Å². The Morgan fingerprint density at radius 2 is 2.05 bits per heavy atom. The molecule has 0 aliphatic rings. The molecule has 0 amide bonds. The number of nitrogens with two attached hydrogens (primary N) is 1. The number of aromatic nitrogens is 2. The van der Waals surface area contributed by atoms with Gasteiger partial charge >= 0.3 is 0 Å². The fourth-order valence-corrected chi connectivity index (χ4v) is 1.84. The summed E-state index contributed by atoms with van der Waals surface area (Å²) in [7, 11) is 0. The molecule has 104 valence electrons. The Morgan fingerprint density at radius 3 is 2.70 bits per heavy atom. The first-order valence-electron chi connectivity index (χ1n) is 5.61. The number of anilines is 1. The first kappa shape index (κ1) is 14.2. The lowest BCUT2D eigenvalue weighted by Crippen LogP contribution is -2.02. The van der Waals surface area contributed by atoms with Gasteiger partial charge in [-0.25, -0.2) is 4.98 Å². The van der Waals surface area contributed by atoms with Crippen LogP contribution < -0.4 is 10.5 Å². The summed E-state index contributed by atoms with van der Waals surface area (Å²) in [6, 6.07) is 4.24. The molecule has 20 heavy (non-hydrogen) atoms. The highest BCUT2D eigenvalue weighted by molar-refractivity contribution is 9.10. The van der Waals surface area contributed by atoms with Crippen molar-refractivity contribution in [3.8, 4) is 11.6 Å². The summed E-state index contributed by atoms with van der Waals surface area (Å²) in [5, 5.41) is 10.8. The van der Waals surface area contributed by atoms with E-state index in [1.807, 2.05) is 0 Å². The lowest BCUT2D eigenvalue weighted by Gasteiger charge is -2.10. The molecule has 7 nitrogen and oxygen atoms in total. The Hall–Kier alpha value is -2.22. The summed E-state index contributed by atoms with van der Waals surface area (Å²) in [5.74, 6) is 1.34. The second kappa shape index (κ2) is 5.41. The third kappa shape index (κ3) is 2.85. The minimum absolute atomic E-state index is 0.0698. The van der Waals surface area contributed by atoms with E-state index in [4.69, 9.17) is 10.5 Å². The quantitative estimate of drug-likeness (QED) is 0.680. The van der Waals surface area contributed by atoms with Gasteiger partial charge in [0.05, 0.1) is 21.0 Å². The van der Waals surface area contributed by atoms with Gasteiger partial charge < -0.3 is 10.5 Å². The second-order valence-electron chi connectivity index (χ2n) is 4.06. The van der Waals surface area contributed by atoms with E-state index in [1.54, 1.807) is 19.9 Å². The van der Waals surface area contributed by atoms with Crippen molar-refractivity contribution in [2.45, 2.75) is 13.8 Å². The number of rotatable bonds is 3. The maximum Gasteiger partial charge on any atom is 0.273 e. The van der Waals surface area contributed by atoms with E-state index in [2.05, 4.69) is 25.9 Å². The lowest BCUT2D eigenvalue weighted by molar-refractivity contribution is -0.384. The van der Waals surface area contributed by atoms with Crippen molar-refractivity contribution in [2.75, 3.05) is 5.73 Å². The van der Waals surface area contributed by atoms with Crippen molar-refractivity contribution in [1.29, 1.82) is 0 Å². The summed E-state index contributed by atoms with van der Waals surface area (Å²) in [6.45, 7) is 3.40. The highest BCUT2D eigenvalue weighted by Crippen LogP contribution is 2.34. The highest BCUT2D eigenvalue weighted by Gasteiger charge is 2.14. The van der Waals surface area contributed by atoms with Gasteiger partial charge in [0.2, 0.25) is 5.88 Å². The molecular weight excluding hydrogens is 328 g/mol. The Labute approximate surface area is 123 Å². The molecule has 0 bridgehead atoms. The minimum atomic E-state index is -0.494. The van der Waals surface area contributed by atoms with E-state index in [1.165, 1.54) is 12.1 Å². The molecule has 0 saturated carbocycles. The van der Waals surface area contributed by atoms with E-state index in [9.17, 15) is 10.1 Å². The standard InChI is InChI=1S/C12H11BrN4O3/c1-6-11(14)15-7(2)16-12(6)20-10-5-8(17(18)19)3-4-9(10)13/h3-5H,1-2H3,(H2,14,15,16). The van der Waals surface area contributed by atoms with Crippen LogP contribution in [-0.4, -0.2) is 14.9 Å². The zero-order valence-corrected chi connectivity index (χ0v) is 12.3. The van der Waals surface area contributed by atoms with Gasteiger partial charge in [-0.1, -0.05) is 0 Å².